The van der Waals surface area contributed by atoms with Crippen LogP contribution in [0, 0.1) is 17.0 Å². The van der Waals surface area contributed by atoms with Crippen molar-refractivity contribution in [1.29, 1.82) is 0 Å². The summed E-state index contributed by atoms with van der Waals surface area (Å²) < 4.78 is 1.10. The Morgan fingerprint density at radius 2 is 1.70 bits per heavy atom. The first-order valence-electron chi connectivity index (χ1n) is 8.26. The van der Waals surface area contributed by atoms with Crippen LogP contribution in [0.4, 0.5) is 11.4 Å². The maximum atomic E-state index is 12.5. The summed E-state index contributed by atoms with van der Waals surface area (Å²) in [5, 5.41) is 13.7. The van der Waals surface area contributed by atoms with Crippen LogP contribution in [0.15, 0.2) is 71.5 Å². The molecule has 1 amide bonds. The molecule has 0 atom stereocenters. The van der Waals surface area contributed by atoms with E-state index in [1.807, 2.05) is 42.5 Å². The number of amides is 1. The Kier molecular flexibility index (Phi) is 5.12. The van der Waals surface area contributed by atoms with Crippen molar-refractivity contribution >= 4 is 17.3 Å². The average Bonchev–Trinajstić information content (AvgIpc) is 2.66. The minimum Gasteiger partial charge on any atom is -0.324 e. The number of nitrogens with one attached hydrogen (secondary N) is 1. The Hall–Kier alpha value is -3.74. The summed E-state index contributed by atoms with van der Waals surface area (Å²) in [5.41, 5.74) is 1.50. The largest absolute Gasteiger partial charge is 0.334 e. The van der Waals surface area contributed by atoms with Gasteiger partial charge in [0.05, 0.1) is 4.92 Å². The molecule has 2 aromatic carbocycles. The molecule has 3 rings (SSSR count). The Balaban J connectivity index is 1.88. The number of hydrogen-bond donors (Lipinski definition) is 1. The number of hydrogen-bond acceptors (Lipinski definition) is 4. The molecule has 0 aliphatic rings. The molecule has 0 fully saturated rings. The second kappa shape index (κ2) is 7.65. The first-order chi connectivity index (χ1) is 13.0. The molecule has 7 heteroatoms. The highest BCUT2D eigenvalue weighted by Crippen LogP contribution is 2.27. The van der Waals surface area contributed by atoms with Gasteiger partial charge in [0, 0.05) is 23.0 Å². The number of nitro groups is 1. The maximum Gasteiger partial charge on any atom is 0.334 e. The SMILES string of the molecule is Cc1ccc([N+](=O)[O-])c(=O)n1CC(=O)Nc1ccccc1-c1ccccc1. The Morgan fingerprint density at radius 1 is 1.04 bits per heavy atom. The zero-order chi connectivity index (χ0) is 19.4. The molecule has 1 N–H and O–H groups in total. The fraction of sp³-hybridized carbons (Fsp3) is 0.100. The van der Waals surface area contributed by atoms with Crippen LogP contribution in [0.25, 0.3) is 11.1 Å². The van der Waals surface area contributed by atoms with Gasteiger partial charge in [-0.15, -0.1) is 0 Å². The minimum atomic E-state index is -0.800. The third-order valence-electron chi connectivity index (χ3n) is 4.16. The van der Waals surface area contributed by atoms with Gasteiger partial charge in [0.15, 0.2) is 0 Å². The number of para-hydroxylation sites is 1. The van der Waals surface area contributed by atoms with Crippen molar-refractivity contribution in [2.24, 2.45) is 0 Å². The topological polar surface area (TPSA) is 94.2 Å². The molecule has 0 bridgehead atoms. The number of carbonyl (C=O) groups is 1. The molecule has 1 aromatic heterocycles. The highest BCUT2D eigenvalue weighted by Gasteiger charge is 2.18. The van der Waals surface area contributed by atoms with Crippen molar-refractivity contribution in [3.8, 4) is 11.1 Å². The van der Waals surface area contributed by atoms with E-state index in [0.717, 1.165) is 21.8 Å². The van der Waals surface area contributed by atoms with Crippen LogP contribution in [0.5, 0.6) is 0 Å². The summed E-state index contributed by atoms with van der Waals surface area (Å²) in [6.45, 7) is 1.31. The third-order valence-corrected chi connectivity index (χ3v) is 4.16. The second-order valence-electron chi connectivity index (χ2n) is 5.97. The van der Waals surface area contributed by atoms with Gasteiger partial charge in [-0.25, -0.2) is 0 Å². The summed E-state index contributed by atoms with van der Waals surface area (Å²) >= 11 is 0. The fourth-order valence-electron chi connectivity index (χ4n) is 2.79. The maximum absolute atomic E-state index is 12.5. The average molecular weight is 363 g/mol. The van der Waals surface area contributed by atoms with Crippen molar-refractivity contribution < 1.29 is 9.72 Å². The zero-order valence-electron chi connectivity index (χ0n) is 14.6. The first kappa shape index (κ1) is 18.1. The molecule has 0 aliphatic heterocycles. The van der Waals surface area contributed by atoms with Crippen molar-refractivity contribution in [3.05, 3.63) is 92.9 Å². The van der Waals surface area contributed by atoms with Gasteiger partial charge < -0.3 is 5.32 Å². The predicted molar refractivity (Wildman–Crippen MR) is 103 cm³/mol. The Morgan fingerprint density at radius 3 is 2.41 bits per heavy atom. The van der Waals surface area contributed by atoms with E-state index < -0.39 is 22.1 Å². The number of rotatable bonds is 5. The van der Waals surface area contributed by atoms with Crippen molar-refractivity contribution in [1.82, 2.24) is 4.57 Å². The van der Waals surface area contributed by atoms with Gasteiger partial charge >= 0.3 is 11.2 Å². The molecular weight excluding hydrogens is 346 g/mol. The standard InChI is InChI=1S/C20H17N3O4/c1-14-11-12-18(23(26)27)20(25)22(14)13-19(24)21-17-10-6-5-9-16(17)15-7-3-2-4-8-15/h2-12H,13H2,1H3,(H,21,24). The smallest absolute Gasteiger partial charge is 0.324 e. The molecule has 0 saturated carbocycles. The van der Waals surface area contributed by atoms with Crippen LogP contribution < -0.4 is 10.9 Å². The molecule has 0 saturated heterocycles. The summed E-state index contributed by atoms with van der Waals surface area (Å²) in [7, 11) is 0. The summed E-state index contributed by atoms with van der Waals surface area (Å²) in [4.78, 5) is 35.0. The van der Waals surface area contributed by atoms with E-state index in [1.165, 1.54) is 6.07 Å². The van der Waals surface area contributed by atoms with Gasteiger partial charge in [0.1, 0.15) is 6.54 Å². The van der Waals surface area contributed by atoms with Gasteiger partial charge in [0.25, 0.3) is 0 Å². The number of aromatic nitrogens is 1. The molecule has 0 spiro atoms. The highest BCUT2D eigenvalue weighted by molar-refractivity contribution is 5.95. The molecule has 3 aromatic rings. The van der Waals surface area contributed by atoms with Gasteiger partial charge in [-0.05, 0) is 24.6 Å². The van der Waals surface area contributed by atoms with E-state index in [9.17, 15) is 19.7 Å². The lowest BCUT2D eigenvalue weighted by molar-refractivity contribution is -0.386. The van der Waals surface area contributed by atoms with Gasteiger partial charge in [-0.1, -0.05) is 48.5 Å². The molecule has 27 heavy (non-hydrogen) atoms. The number of carbonyl (C=O) groups excluding carboxylic acids is 1. The number of aryl methyl sites for hydroxylation is 1. The molecule has 136 valence electrons. The quantitative estimate of drug-likeness (QED) is 0.555. The van der Waals surface area contributed by atoms with E-state index >= 15 is 0 Å². The van der Waals surface area contributed by atoms with Gasteiger partial charge in [-0.3, -0.25) is 24.3 Å². The molecular formula is C20H17N3O4. The van der Waals surface area contributed by atoms with E-state index in [1.54, 1.807) is 19.1 Å². The number of pyridine rings is 1. The molecule has 0 aliphatic carbocycles. The van der Waals surface area contributed by atoms with E-state index in [4.69, 9.17) is 0 Å². The van der Waals surface area contributed by atoms with Crippen molar-refractivity contribution in [2.45, 2.75) is 13.5 Å². The van der Waals surface area contributed by atoms with Crippen molar-refractivity contribution in [2.75, 3.05) is 5.32 Å². The van der Waals surface area contributed by atoms with E-state index in [2.05, 4.69) is 5.32 Å². The predicted octanol–water partition coefficient (Wildman–Crippen LogP) is 3.37. The van der Waals surface area contributed by atoms with Crippen LogP contribution in [0.1, 0.15) is 5.69 Å². The van der Waals surface area contributed by atoms with Crippen LogP contribution >= 0.6 is 0 Å². The Labute approximate surface area is 155 Å². The van der Waals surface area contributed by atoms with Crippen LogP contribution in [0.3, 0.4) is 0 Å². The van der Waals surface area contributed by atoms with Crippen molar-refractivity contribution in [3.63, 3.8) is 0 Å². The highest BCUT2D eigenvalue weighted by atomic mass is 16.6. The molecule has 1 heterocycles. The first-order valence-corrected chi connectivity index (χ1v) is 8.26. The molecule has 0 radical (unpaired) electrons. The monoisotopic (exact) mass is 363 g/mol. The van der Waals surface area contributed by atoms with Crippen LogP contribution in [-0.4, -0.2) is 15.4 Å². The number of benzene rings is 2. The second-order valence-corrected chi connectivity index (χ2v) is 5.97. The fourth-order valence-corrected chi connectivity index (χ4v) is 2.79. The lowest BCUT2D eigenvalue weighted by Crippen LogP contribution is -2.30. The van der Waals surface area contributed by atoms with E-state index in [-0.39, 0.29) is 6.54 Å². The summed E-state index contributed by atoms with van der Waals surface area (Å²) in [5.74, 6) is -0.441. The van der Waals surface area contributed by atoms with E-state index in [0.29, 0.717) is 11.4 Å². The van der Waals surface area contributed by atoms with Gasteiger partial charge in [-0.2, -0.15) is 0 Å². The lowest BCUT2D eigenvalue weighted by atomic mass is 10.0. The van der Waals surface area contributed by atoms with Crippen LogP contribution in [-0.2, 0) is 11.3 Å². The van der Waals surface area contributed by atoms with Gasteiger partial charge in [0.2, 0.25) is 5.91 Å². The summed E-state index contributed by atoms with van der Waals surface area (Å²) in [6.07, 6.45) is 0. The minimum absolute atomic E-state index is 0.310. The Bertz CT molecular complexity index is 1060. The van der Waals surface area contributed by atoms with Crippen LogP contribution in [0.2, 0.25) is 0 Å². The number of anilines is 1. The summed E-state index contributed by atoms with van der Waals surface area (Å²) in [6, 6.07) is 19.5. The zero-order valence-corrected chi connectivity index (χ0v) is 14.6. The normalized spacial score (nSPS) is 10.4. The number of nitrogens with zero attached hydrogens (tertiary/aromatic N) is 2. The molecule has 7 nitrogen and oxygen atoms in total. The lowest BCUT2D eigenvalue weighted by Gasteiger charge is -2.13. The molecule has 0 unspecified atom stereocenters. The third kappa shape index (κ3) is 3.92.